The summed E-state index contributed by atoms with van der Waals surface area (Å²) in [5.41, 5.74) is 3.08. The zero-order chi connectivity index (χ0) is 25.0. The lowest BCUT2D eigenvalue weighted by Gasteiger charge is -2.13. The second-order valence-electron chi connectivity index (χ2n) is 9.05. The highest BCUT2D eigenvalue weighted by molar-refractivity contribution is 5.83. The van der Waals surface area contributed by atoms with Crippen molar-refractivity contribution in [2.24, 2.45) is 0 Å². The van der Waals surface area contributed by atoms with Crippen LogP contribution in [0, 0.1) is 25.5 Å². The van der Waals surface area contributed by atoms with Gasteiger partial charge >= 0.3 is 5.69 Å². The first kappa shape index (κ1) is 22.3. The van der Waals surface area contributed by atoms with Crippen molar-refractivity contribution in [1.82, 2.24) is 34.4 Å². The van der Waals surface area contributed by atoms with Gasteiger partial charge in [-0.25, -0.2) is 18.3 Å². The molecule has 2 aromatic carbocycles. The standard InChI is InChI=1S/C26H23F2N7O/c1-15-10-18(11-16(2)23(15)27)35-25(20-13-29-7-3-4-21(20)32-35)34-9-8-33(26(34)36)22-6-5-17-12-30-31-14-19(17)24(22)28/h5-6,8-12,14,29H,3-4,7,13H2,1-2H3. The second-order valence-corrected chi connectivity index (χ2v) is 9.05. The van der Waals surface area contributed by atoms with Crippen molar-refractivity contribution in [1.29, 1.82) is 0 Å². The highest BCUT2D eigenvalue weighted by atomic mass is 19.1. The molecule has 0 radical (unpaired) electrons. The molecular formula is C26H23F2N7O. The minimum Gasteiger partial charge on any atom is -0.312 e. The molecule has 6 rings (SSSR count). The Kier molecular flexibility index (Phi) is 5.26. The van der Waals surface area contributed by atoms with Gasteiger partial charge in [0.05, 0.1) is 29.5 Å². The molecule has 1 aliphatic rings. The number of hydrogen-bond donors (Lipinski definition) is 1. The van der Waals surface area contributed by atoms with Crippen LogP contribution in [0.4, 0.5) is 8.78 Å². The summed E-state index contributed by atoms with van der Waals surface area (Å²) in [5.74, 6) is -0.267. The maximum Gasteiger partial charge on any atom is 0.338 e. The van der Waals surface area contributed by atoms with E-state index in [1.807, 2.05) is 0 Å². The van der Waals surface area contributed by atoms with Crippen molar-refractivity contribution >= 4 is 10.8 Å². The molecule has 182 valence electrons. The fraction of sp³-hybridized carbons (Fsp3) is 0.231. The van der Waals surface area contributed by atoms with Crippen molar-refractivity contribution in [3.8, 4) is 17.2 Å². The van der Waals surface area contributed by atoms with E-state index in [9.17, 15) is 9.18 Å². The van der Waals surface area contributed by atoms with Crippen LogP contribution in [-0.4, -0.2) is 35.7 Å². The number of halogens is 2. The molecule has 0 bridgehead atoms. The van der Waals surface area contributed by atoms with Crippen molar-refractivity contribution < 1.29 is 8.78 Å². The topological polar surface area (TPSA) is 82.6 Å². The zero-order valence-corrected chi connectivity index (χ0v) is 19.8. The molecule has 0 fully saturated rings. The van der Waals surface area contributed by atoms with Gasteiger partial charge in [-0.2, -0.15) is 15.3 Å². The third kappa shape index (κ3) is 3.44. The summed E-state index contributed by atoms with van der Waals surface area (Å²) in [6.45, 7) is 4.78. The first-order valence-corrected chi connectivity index (χ1v) is 11.7. The van der Waals surface area contributed by atoms with Gasteiger partial charge in [0, 0.05) is 35.3 Å². The number of imidazole rings is 1. The van der Waals surface area contributed by atoms with Gasteiger partial charge in [0.1, 0.15) is 11.6 Å². The number of aryl methyl sites for hydroxylation is 3. The van der Waals surface area contributed by atoms with E-state index >= 15 is 4.39 Å². The average molecular weight is 488 g/mol. The summed E-state index contributed by atoms with van der Waals surface area (Å²) < 4.78 is 34.2. The van der Waals surface area contributed by atoms with E-state index in [4.69, 9.17) is 5.10 Å². The van der Waals surface area contributed by atoms with Crippen molar-refractivity contribution in [2.75, 3.05) is 6.54 Å². The van der Waals surface area contributed by atoms with Crippen LogP contribution >= 0.6 is 0 Å². The number of nitrogens with one attached hydrogen (secondary N) is 1. The monoisotopic (exact) mass is 487 g/mol. The van der Waals surface area contributed by atoms with Gasteiger partial charge in [-0.3, -0.25) is 9.13 Å². The van der Waals surface area contributed by atoms with Gasteiger partial charge in [0.2, 0.25) is 0 Å². The normalized spacial score (nSPS) is 13.7. The summed E-state index contributed by atoms with van der Waals surface area (Å²) >= 11 is 0. The fourth-order valence-electron chi connectivity index (χ4n) is 4.87. The van der Waals surface area contributed by atoms with Gasteiger partial charge in [0.15, 0.2) is 5.82 Å². The maximum absolute atomic E-state index is 15.4. The first-order chi connectivity index (χ1) is 17.4. The third-order valence-electron chi connectivity index (χ3n) is 6.68. The van der Waals surface area contributed by atoms with Gasteiger partial charge in [-0.05, 0) is 62.6 Å². The lowest BCUT2D eigenvalue weighted by atomic mass is 10.1. The molecule has 4 heterocycles. The van der Waals surface area contributed by atoms with Crippen molar-refractivity contribution in [2.45, 2.75) is 33.2 Å². The van der Waals surface area contributed by atoms with E-state index in [0.29, 0.717) is 34.6 Å². The van der Waals surface area contributed by atoms with Crippen LogP contribution in [-0.2, 0) is 13.0 Å². The van der Waals surface area contributed by atoms with Crippen LogP contribution in [0.15, 0.2) is 53.8 Å². The van der Waals surface area contributed by atoms with Gasteiger partial charge in [-0.15, -0.1) is 0 Å². The largest absolute Gasteiger partial charge is 0.338 e. The summed E-state index contributed by atoms with van der Waals surface area (Å²) in [6, 6.07) is 6.70. The fourth-order valence-corrected chi connectivity index (χ4v) is 4.87. The van der Waals surface area contributed by atoms with E-state index in [1.54, 1.807) is 49.0 Å². The Labute approximate surface area is 204 Å². The Morgan fingerprint density at radius 1 is 0.972 bits per heavy atom. The van der Waals surface area contributed by atoms with Gasteiger partial charge < -0.3 is 5.32 Å². The van der Waals surface area contributed by atoms with Crippen molar-refractivity contribution in [3.63, 3.8) is 0 Å². The van der Waals surface area contributed by atoms with E-state index in [0.717, 1.165) is 30.6 Å². The van der Waals surface area contributed by atoms with E-state index in [-0.39, 0.29) is 16.9 Å². The SMILES string of the molecule is Cc1cc(-n2nc3c(c2-n2ccn(-c4ccc5cnncc5c4F)c2=O)CNCCC3)cc(C)c1F. The first-order valence-electron chi connectivity index (χ1n) is 11.7. The maximum atomic E-state index is 15.4. The Balaban J connectivity index is 1.57. The quantitative estimate of drug-likeness (QED) is 0.420. The van der Waals surface area contributed by atoms with Crippen LogP contribution in [0.25, 0.3) is 28.0 Å². The Bertz CT molecular complexity index is 1680. The molecule has 0 amide bonds. The molecule has 8 nitrogen and oxygen atoms in total. The number of aromatic nitrogens is 6. The molecule has 0 aliphatic carbocycles. The van der Waals surface area contributed by atoms with E-state index in [2.05, 4.69) is 15.5 Å². The number of nitrogens with zero attached hydrogens (tertiary/aromatic N) is 6. The molecule has 3 aromatic heterocycles. The molecule has 0 saturated heterocycles. The number of benzene rings is 2. The second kappa shape index (κ2) is 8.49. The van der Waals surface area contributed by atoms with Crippen LogP contribution in [0.2, 0.25) is 0 Å². The van der Waals surface area contributed by atoms with Gasteiger partial charge in [-0.1, -0.05) is 6.07 Å². The summed E-state index contributed by atoms with van der Waals surface area (Å²) in [7, 11) is 0. The summed E-state index contributed by atoms with van der Waals surface area (Å²) in [6.07, 6.45) is 7.62. The van der Waals surface area contributed by atoms with E-state index < -0.39 is 11.5 Å². The van der Waals surface area contributed by atoms with Crippen LogP contribution in [0.3, 0.4) is 0 Å². The molecule has 1 N–H and O–H groups in total. The lowest BCUT2D eigenvalue weighted by molar-refractivity contribution is 0.607. The average Bonchev–Trinajstić information content (AvgIpc) is 3.33. The van der Waals surface area contributed by atoms with Gasteiger partial charge in [0.25, 0.3) is 0 Å². The predicted molar refractivity (Wildman–Crippen MR) is 131 cm³/mol. The molecule has 36 heavy (non-hydrogen) atoms. The Hall–Kier alpha value is -4.18. The highest BCUT2D eigenvalue weighted by Gasteiger charge is 2.25. The molecule has 0 saturated carbocycles. The minimum atomic E-state index is -0.555. The molecular weight excluding hydrogens is 464 g/mol. The highest BCUT2D eigenvalue weighted by Crippen LogP contribution is 2.27. The molecule has 0 unspecified atom stereocenters. The molecule has 10 heteroatoms. The Morgan fingerprint density at radius 3 is 2.53 bits per heavy atom. The molecule has 5 aromatic rings. The van der Waals surface area contributed by atoms with Crippen molar-refractivity contribution in [3.05, 3.63) is 93.6 Å². The molecule has 0 atom stereocenters. The minimum absolute atomic E-state index is 0.114. The van der Waals surface area contributed by atoms with Crippen LogP contribution in [0.5, 0.6) is 0 Å². The molecule has 1 aliphatic heterocycles. The summed E-state index contributed by atoms with van der Waals surface area (Å²) in [4.78, 5) is 13.7. The third-order valence-corrected chi connectivity index (χ3v) is 6.68. The zero-order valence-electron chi connectivity index (χ0n) is 19.8. The summed E-state index contributed by atoms with van der Waals surface area (Å²) in [5, 5.41) is 16.7. The van der Waals surface area contributed by atoms with Crippen LogP contribution in [0.1, 0.15) is 28.8 Å². The number of rotatable bonds is 3. The smallest absolute Gasteiger partial charge is 0.312 e. The lowest BCUT2D eigenvalue weighted by Crippen LogP contribution is -2.25. The van der Waals surface area contributed by atoms with Crippen LogP contribution < -0.4 is 11.0 Å². The molecule has 0 spiro atoms. The Morgan fingerprint density at radius 2 is 1.72 bits per heavy atom. The predicted octanol–water partition coefficient (Wildman–Crippen LogP) is 3.69. The van der Waals surface area contributed by atoms with E-state index in [1.165, 1.54) is 27.7 Å². The number of fused-ring (bicyclic) bond motifs is 2. The number of hydrogen-bond acceptors (Lipinski definition) is 5.